The molecule has 2 amide bonds. The van der Waals surface area contributed by atoms with E-state index in [0.717, 1.165) is 21.6 Å². The fraction of sp³-hybridized carbons (Fsp3) is 0. The Morgan fingerprint density at radius 1 is 1.28 bits per heavy atom. The predicted octanol–water partition coefficient (Wildman–Crippen LogP) is 3.27. The number of aromatic nitrogens is 2. The Kier molecular flexibility index (Phi) is 2.70. The highest BCUT2D eigenvalue weighted by atomic mass is 32.1. The summed E-state index contributed by atoms with van der Waals surface area (Å²) < 4.78 is 0. The number of hydrogen-bond donors (Lipinski definition) is 3. The van der Waals surface area contributed by atoms with Gasteiger partial charge in [0.25, 0.3) is 0 Å². The van der Waals surface area contributed by atoms with Gasteiger partial charge in [0.15, 0.2) is 0 Å². The molecule has 5 nitrogen and oxygen atoms in total. The maximum atomic E-state index is 11.7. The van der Waals surface area contributed by atoms with Crippen LogP contribution in [0, 0.1) is 0 Å². The number of nitrogens with zero attached hydrogens (tertiary/aromatic N) is 1. The normalized spacial score (nSPS) is 10.4. The molecule has 0 radical (unpaired) electrons. The van der Waals surface area contributed by atoms with E-state index in [9.17, 15) is 4.79 Å². The zero-order chi connectivity index (χ0) is 12.4. The molecule has 0 spiro atoms. The van der Waals surface area contributed by atoms with Crippen molar-refractivity contribution in [1.29, 1.82) is 0 Å². The van der Waals surface area contributed by atoms with Gasteiger partial charge in [-0.1, -0.05) is 0 Å². The van der Waals surface area contributed by atoms with Crippen LogP contribution in [-0.2, 0) is 0 Å². The molecule has 0 saturated carbocycles. The summed E-state index contributed by atoms with van der Waals surface area (Å²) in [6.45, 7) is 0. The molecule has 0 aliphatic rings. The van der Waals surface area contributed by atoms with E-state index in [1.807, 2.05) is 35.7 Å². The second-order valence-electron chi connectivity index (χ2n) is 3.73. The molecule has 2 aromatic heterocycles. The van der Waals surface area contributed by atoms with E-state index in [1.54, 1.807) is 6.20 Å². The second kappa shape index (κ2) is 4.50. The summed E-state index contributed by atoms with van der Waals surface area (Å²) in [7, 11) is 0. The van der Waals surface area contributed by atoms with Crippen molar-refractivity contribution < 1.29 is 4.79 Å². The maximum absolute atomic E-state index is 11.7. The Bertz CT molecular complexity index is 674. The van der Waals surface area contributed by atoms with Crippen LogP contribution < -0.4 is 10.6 Å². The molecule has 0 bridgehead atoms. The van der Waals surface area contributed by atoms with Crippen molar-refractivity contribution in [2.24, 2.45) is 0 Å². The van der Waals surface area contributed by atoms with Gasteiger partial charge in [0.1, 0.15) is 0 Å². The highest BCUT2D eigenvalue weighted by Crippen LogP contribution is 2.18. The molecule has 3 N–H and O–H groups in total. The largest absolute Gasteiger partial charge is 0.324 e. The number of aromatic amines is 1. The number of hydrogen-bond acceptors (Lipinski definition) is 3. The molecule has 0 unspecified atom stereocenters. The lowest BCUT2D eigenvalue weighted by Gasteiger charge is -2.05. The van der Waals surface area contributed by atoms with E-state index in [-0.39, 0.29) is 6.03 Å². The van der Waals surface area contributed by atoms with Crippen molar-refractivity contribution in [2.75, 3.05) is 10.6 Å². The van der Waals surface area contributed by atoms with Crippen LogP contribution in [0.3, 0.4) is 0 Å². The summed E-state index contributed by atoms with van der Waals surface area (Å²) in [6.07, 6.45) is 1.74. The number of urea groups is 1. The fourth-order valence-electron chi connectivity index (χ4n) is 1.64. The fourth-order valence-corrected chi connectivity index (χ4v) is 2.25. The van der Waals surface area contributed by atoms with Gasteiger partial charge in [0.05, 0.1) is 16.7 Å². The van der Waals surface area contributed by atoms with Crippen LogP contribution in [0.25, 0.3) is 10.9 Å². The van der Waals surface area contributed by atoms with Crippen LogP contribution in [0.4, 0.5) is 15.5 Å². The number of nitrogens with one attached hydrogen (secondary N) is 3. The first kappa shape index (κ1) is 10.8. The molecule has 0 atom stereocenters. The molecular weight excluding hydrogens is 248 g/mol. The van der Waals surface area contributed by atoms with Crippen molar-refractivity contribution >= 4 is 39.0 Å². The number of anilines is 2. The standard InChI is InChI=1S/C12H10N4OS/c17-12(15-11-2-1-5-18-11)14-9-4-3-8-7-13-16-10(8)6-9/h1-7H,(H,13,16)(H2,14,15,17). The number of rotatable bonds is 2. The van der Waals surface area contributed by atoms with Crippen molar-refractivity contribution in [3.63, 3.8) is 0 Å². The predicted molar refractivity (Wildman–Crippen MR) is 73.1 cm³/mol. The van der Waals surface area contributed by atoms with Crippen LogP contribution in [0.5, 0.6) is 0 Å². The van der Waals surface area contributed by atoms with Gasteiger partial charge in [-0.05, 0) is 35.7 Å². The van der Waals surface area contributed by atoms with E-state index in [4.69, 9.17) is 0 Å². The van der Waals surface area contributed by atoms with E-state index >= 15 is 0 Å². The average molecular weight is 258 g/mol. The zero-order valence-electron chi connectivity index (χ0n) is 9.31. The summed E-state index contributed by atoms with van der Waals surface area (Å²) in [4.78, 5) is 11.7. The maximum Gasteiger partial charge on any atom is 0.324 e. The molecule has 0 aliphatic heterocycles. The van der Waals surface area contributed by atoms with Gasteiger partial charge in [-0.3, -0.25) is 10.4 Å². The minimum atomic E-state index is -0.253. The lowest BCUT2D eigenvalue weighted by Crippen LogP contribution is -2.18. The average Bonchev–Trinajstić information content (AvgIpc) is 2.98. The summed E-state index contributed by atoms with van der Waals surface area (Å²) in [5, 5.41) is 16.1. The second-order valence-corrected chi connectivity index (χ2v) is 4.68. The van der Waals surface area contributed by atoms with Gasteiger partial charge in [-0.15, -0.1) is 11.3 Å². The van der Waals surface area contributed by atoms with Gasteiger partial charge in [0.2, 0.25) is 0 Å². The molecule has 0 aliphatic carbocycles. The van der Waals surface area contributed by atoms with E-state index in [2.05, 4.69) is 20.8 Å². The molecule has 0 fully saturated rings. The molecule has 3 rings (SSSR count). The summed E-state index contributed by atoms with van der Waals surface area (Å²) >= 11 is 1.48. The molecule has 6 heteroatoms. The Hall–Kier alpha value is -2.34. The van der Waals surface area contributed by atoms with Gasteiger partial charge < -0.3 is 5.32 Å². The van der Waals surface area contributed by atoms with Crippen molar-refractivity contribution in [3.05, 3.63) is 41.9 Å². The molecule has 18 heavy (non-hydrogen) atoms. The Balaban J connectivity index is 1.73. The number of carbonyl (C=O) groups excluding carboxylic acids is 1. The Morgan fingerprint density at radius 3 is 3.06 bits per heavy atom. The quantitative estimate of drug-likeness (QED) is 0.660. The SMILES string of the molecule is O=C(Nc1ccc2cn[nH]c2c1)Nc1cccs1. The monoisotopic (exact) mass is 258 g/mol. The van der Waals surface area contributed by atoms with Crippen LogP contribution >= 0.6 is 11.3 Å². The van der Waals surface area contributed by atoms with Crippen molar-refractivity contribution in [1.82, 2.24) is 10.2 Å². The van der Waals surface area contributed by atoms with Crippen molar-refractivity contribution in [2.45, 2.75) is 0 Å². The van der Waals surface area contributed by atoms with Crippen LogP contribution in [0.15, 0.2) is 41.9 Å². The number of H-pyrrole nitrogens is 1. The lowest BCUT2D eigenvalue weighted by molar-refractivity contribution is 0.262. The number of amides is 2. The van der Waals surface area contributed by atoms with Crippen LogP contribution in [-0.4, -0.2) is 16.2 Å². The number of carbonyl (C=O) groups is 1. The third kappa shape index (κ3) is 2.18. The van der Waals surface area contributed by atoms with E-state index in [0.29, 0.717) is 0 Å². The highest BCUT2D eigenvalue weighted by Gasteiger charge is 2.04. The van der Waals surface area contributed by atoms with Gasteiger partial charge >= 0.3 is 6.03 Å². The minimum Gasteiger partial charge on any atom is -0.308 e. The summed E-state index contributed by atoms with van der Waals surface area (Å²) in [5.74, 6) is 0. The minimum absolute atomic E-state index is 0.253. The molecule has 2 heterocycles. The first-order chi connectivity index (χ1) is 8.81. The zero-order valence-corrected chi connectivity index (χ0v) is 10.1. The van der Waals surface area contributed by atoms with Gasteiger partial charge in [-0.2, -0.15) is 5.10 Å². The Labute approximate surface area is 107 Å². The molecule has 3 aromatic rings. The number of benzene rings is 1. The van der Waals surface area contributed by atoms with Gasteiger partial charge in [-0.25, -0.2) is 4.79 Å². The Morgan fingerprint density at radius 2 is 2.22 bits per heavy atom. The topological polar surface area (TPSA) is 69.8 Å². The van der Waals surface area contributed by atoms with Gasteiger partial charge in [0, 0.05) is 11.1 Å². The molecule has 90 valence electrons. The number of thiophene rings is 1. The van der Waals surface area contributed by atoms with Crippen LogP contribution in [0.1, 0.15) is 0 Å². The smallest absolute Gasteiger partial charge is 0.308 e. The molecular formula is C12H10N4OS. The first-order valence-corrected chi connectivity index (χ1v) is 6.24. The van der Waals surface area contributed by atoms with E-state index < -0.39 is 0 Å². The summed E-state index contributed by atoms with van der Waals surface area (Å²) in [5.41, 5.74) is 1.62. The molecule has 1 aromatic carbocycles. The highest BCUT2D eigenvalue weighted by molar-refractivity contribution is 7.14. The van der Waals surface area contributed by atoms with Crippen molar-refractivity contribution in [3.8, 4) is 0 Å². The third-order valence-electron chi connectivity index (χ3n) is 2.46. The van der Waals surface area contributed by atoms with E-state index in [1.165, 1.54) is 11.3 Å². The summed E-state index contributed by atoms with van der Waals surface area (Å²) in [6, 6.07) is 9.07. The third-order valence-corrected chi connectivity index (χ3v) is 3.24. The lowest BCUT2D eigenvalue weighted by atomic mass is 10.2. The van der Waals surface area contributed by atoms with Crippen LogP contribution in [0.2, 0.25) is 0 Å². The first-order valence-electron chi connectivity index (χ1n) is 5.36. The number of fused-ring (bicyclic) bond motifs is 1. The molecule has 0 saturated heterocycles.